The number of amides is 3. The summed E-state index contributed by atoms with van der Waals surface area (Å²) in [6.45, 7) is 2.79. The summed E-state index contributed by atoms with van der Waals surface area (Å²) in [5.74, 6) is 1.30. The Morgan fingerprint density at radius 3 is 2.48 bits per heavy atom. The van der Waals surface area contributed by atoms with E-state index in [1.165, 1.54) is 6.42 Å². The van der Waals surface area contributed by atoms with Gasteiger partial charge < -0.3 is 19.3 Å². The molecule has 2 saturated heterocycles. The minimum atomic E-state index is -0.170. The zero-order valence-corrected chi connectivity index (χ0v) is 14.9. The minimum absolute atomic E-state index is 0.0347. The number of nitrogens with zero attached hydrogens (tertiary/aromatic N) is 3. The third-order valence-corrected chi connectivity index (χ3v) is 4.81. The van der Waals surface area contributed by atoms with Gasteiger partial charge in [-0.3, -0.25) is 9.69 Å². The lowest BCUT2D eigenvalue weighted by molar-refractivity contribution is -0.132. The van der Waals surface area contributed by atoms with Crippen LogP contribution in [0.1, 0.15) is 19.3 Å². The third kappa shape index (κ3) is 3.65. The Bertz CT molecular complexity index is 643. The Morgan fingerprint density at radius 1 is 1.04 bits per heavy atom. The van der Waals surface area contributed by atoms with Crippen LogP contribution in [0.5, 0.6) is 11.5 Å². The van der Waals surface area contributed by atoms with Crippen LogP contribution in [0.4, 0.5) is 10.5 Å². The number of ether oxygens (including phenoxy) is 2. The fraction of sp³-hybridized carbons (Fsp3) is 0.556. The second-order valence-electron chi connectivity index (χ2n) is 6.33. The Balaban J connectivity index is 1.70. The normalized spacial score (nSPS) is 17.8. The number of carbonyl (C=O) groups excluding carboxylic acids is 2. The SMILES string of the molecule is COc1ccc(OC)c(N2CCN(CC(=O)N3CCCCC3)C2=O)c1. The van der Waals surface area contributed by atoms with Gasteiger partial charge in [0.25, 0.3) is 0 Å². The van der Waals surface area contributed by atoms with Crippen molar-refractivity contribution in [2.75, 3.05) is 51.8 Å². The van der Waals surface area contributed by atoms with Crippen molar-refractivity contribution in [3.05, 3.63) is 18.2 Å². The van der Waals surface area contributed by atoms with E-state index in [0.29, 0.717) is 30.3 Å². The molecule has 0 atom stereocenters. The Morgan fingerprint density at radius 2 is 1.80 bits per heavy atom. The summed E-state index contributed by atoms with van der Waals surface area (Å²) in [4.78, 5) is 30.3. The van der Waals surface area contributed by atoms with E-state index in [0.717, 1.165) is 25.9 Å². The van der Waals surface area contributed by atoms with E-state index in [2.05, 4.69) is 0 Å². The summed E-state index contributed by atoms with van der Waals surface area (Å²) in [7, 11) is 3.16. The number of likely N-dealkylation sites (tertiary alicyclic amines) is 1. The lowest BCUT2D eigenvalue weighted by atomic mass is 10.1. The molecular formula is C18H25N3O4. The predicted octanol–water partition coefficient (Wildman–Crippen LogP) is 1.96. The zero-order chi connectivity index (χ0) is 17.8. The molecular weight excluding hydrogens is 322 g/mol. The molecule has 7 heteroatoms. The Labute approximate surface area is 148 Å². The number of benzene rings is 1. The van der Waals surface area contributed by atoms with E-state index >= 15 is 0 Å². The number of urea groups is 1. The molecule has 0 N–H and O–H groups in total. The van der Waals surface area contributed by atoms with Crippen LogP contribution in [0.25, 0.3) is 0 Å². The molecule has 25 heavy (non-hydrogen) atoms. The number of carbonyl (C=O) groups is 2. The van der Waals surface area contributed by atoms with E-state index < -0.39 is 0 Å². The van der Waals surface area contributed by atoms with Crippen molar-refractivity contribution >= 4 is 17.6 Å². The summed E-state index contributed by atoms with van der Waals surface area (Å²) in [5.41, 5.74) is 0.666. The first-order chi connectivity index (χ1) is 12.1. The average Bonchev–Trinajstić information content (AvgIpc) is 3.02. The quantitative estimate of drug-likeness (QED) is 0.817. The molecule has 136 valence electrons. The van der Waals surface area contributed by atoms with Crippen molar-refractivity contribution in [3.63, 3.8) is 0 Å². The third-order valence-electron chi connectivity index (χ3n) is 4.81. The highest BCUT2D eigenvalue weighted by atomic mass is 16.5. The topological polar surface area (TPSA) is 62.3 Å². The number of anilines is 1. The van der Waals surface area contributed by atoms with Gasteiger partial charge in [0.15, 0.2) is 0 Å². The lowest BCUT2D eigenvalue weighted by Crippen LogP contribution is -2.44. The van der Waals surface area contributed by atoms with Crippen LogP contribution in [0.3, 0.4) is 0 Å². The molecule has 0 spiro atoms. The molecule has 0 radical (unpaired) electrons. The summed E-state index contributed by atoms with van der Waals surface area (Å²) >= 11 is 0. The molecule has 7 nitrogen and oxygen atoms in total. The lowest BCUT2D eigenvalue weighted by Gasteiger charge is -2.28. The number of hydrogen-bond donors (Lipinski definition) is 0. The van der Waals surface area contributed by atoms with Crippen molar-refractivity contribution < 1.29 is 19.1 Å². The van der Waals surface area contributed by atoms with Gasteiger partial charge in [0.05, 0.1) is 19.9 Å². The standard InChI is InChI=1S/C18H25N3O4/c1-24-14-6-7-16(25-2)15(12-14)21-11-10-20(18(21)23)13-17(22)19-8-4-3-5-9-19/h6-7,12H,3-5,8-11,13H2,1-2H3. The van der Waals surface area contributed by atoms with Crippen molar-refractivity contribution in [1.82, 2.24) is 9.80 Å². The van der Waals surface area contributed by atoms with E-state index in [1.807, 2.05) is 4.90 Å². The van der Waals surface area contributed by atoms with E-state index in [9.17, 15) is 9.59 Å². The molecule has 3 amide bonds. The van der Waals surface area contributed by atoms with Crippen LogP contribution >= 0.6 is 0 Å². The average molecular weight is 347 g/mol. The van der Waals surface area contributed by atoms with Gasteiger partial charge in [-0.15, -0.1) is 0 Å². The fourth-order valence-electron chi connectivity index (χ4n) is 3.37. The summed E-state index contributed by atoms with van der Waals surface area (Å²) in [6.07, 6.45) is 3.27. The summed E-state index contributed by atoms with van der Waals surface area (Å²) < 4.78 is 10.6. The van der Waals surface area contributed by atoms with E-state index in [1.54, 1.807) is 42.2 Å². The first-order valence-electron chi connectivity index (χ1n) is 8.70. The maximum atomic E-state index is 12.8. The molecule has 2 heterocycles. The van der Waals surface area contributed by atoms with Crippen LogP contribution in [0.2, 0.25) is 0 Å². The maximum Gasteiger partial charge on any atom is 0.325 e. The fourth-order valence-corrected chi connectivity index (χ4v) is 3.37. The van der Waals surface area contributed by atoms with Crippen molar-refractivity contribution in [2.45, 2.75) is 19.3 Å². The van der Waals surface area contributed by atoms with Gasteiger partial charge in [0.1, 0.15) is 18.0 Å². The number of piperidine rings is 1. The number of methoxy groups -OCH3 is 2. The van der Waals surface area contributed by atoms with Crippen molar-refractivity contribution in [2.24, 2.45) is 0 Å². The second kappa shape index (κ2) is 7.63. The van der Waals surface area contributed by atoms with Gasteiger partial charge >= 0.3 is 6.03 Å². The molecule has 0 aliphatic carbocycles. The van der Waals surface area contributed by atoms with Gasteiger partial charge in [0, 0.05) is 32.2 Å². The highest BCUT2D eigenvalue weighted by Gasteiger charge is 2.33. The van der Waals surface area contributed by atoms with Crippen LogP contribution in [0.15, 0.2) is 18.2 Å². The van der Waals surface area contributed by atoms with Crippen LogP contribution < -0.4 is 14.4 Å². The van der Waals surface area contributed by atoms with E-state index in [-0.39, 0.29) is 18.5 Å². The molecule has 2 fully saturated rings. The molecule has 0 unspecified atom stereocenters. The van der Waals surface area contributed by atoms with Crippen LogP contribution in [-0.2, 0) is 4.79 Å². The molecule has 0 saturated carbocycles. The highest BCUT2D eigenvalue weighted by Crippen LogP contribution is 2.34. The molecule has 2 aliphatic heterocycles. The molecule has 0 aromatic heterocycles. The van der Waals surface area contributed by atoms with Crippen molar-refractivity contribution in [1.29, 1.82) is 0 Å². The number of hydrogen-bond acceptors (Lipinski definition) is 4. The van der Waals surface area contributed by atoms with Gasteiger partial charge in [-0.1, -0.05) is 0 Å². The first kappa shape index (κ1) is 17.4. The largest absolute Gasteiger partial charge is 0.497 e. The molecule has 1 aromatic carbocycles. The van der Waals surface area contributed by atoms with Crippen LogP contribution in [-0.4, -0.2) is 68.7 Å². The highest BCUT2D eigenvalue weighted by molar-refractivity contribution is 5.97. The predicted molar refractivity (Wildman–Crippen MR) is 94.3 cm³/mol. The van der Waals surface area contributed by atoms with E-state index in [4.69, 9.17) is 9.47 Å². The van der Waals surface area contributed by atoms with Gasteiger partial charge in [-0.2, -0.15) is 0 Å². The molecule has 3 rings (SSSR count). The monoisotopic (exact) mass is 347 g/mol. The van der Waals surface area contributed by atoms with Gasteiger partial charge in [0.2, 0.25) is 5.91 Å². The molecule has 1 aromatic rings. The van der Waals surface area contributed by atoms with Gasteiger partial charge in [-0.05, 0) is 31.4 Å². The summed E-state index contributed by atoms with van der Waals surface area (Å²) in [5, 5.41) is 0. The maximum absolute atomic E-state index is 12.8. The van der Waals surface area contributed by atoms with Crippen molar-refractivity contribution in [3.8, 4) is 11.5 Å². The zero-order valence-electron chi connectivity index (χ0n) is 14.9. The number of rotatable bonds is 5. The molecule has 0 bridgehead atoms. The Kier molecular flexibility index (Phi) is 5.31. The van der Waals surface area contributed by atoms with Gasteiger partial charge in [-0.25, -0.2) is 4.79 Å². The molecule has 2 aliphatic rings. The second-order valence-corrected chi connectivity index (χ2v) is 6.33. The summed E-state index contributed by atoms with van der Waals surface area (Å²) in [6, 6.07) is 5.19. The first-order valence-corrected chi connectivity index (χ1v) is 8.70. The minimum Gasteiger partial charge on any atom is -0.497 e. The smallest absolute Gasteiger partial charge is 0.325 e. The Hall–Kier alpha value is -2.44. The van der Waals surface area contributed by atoms with Crippen LogP contribution in [0, 0.1) is 0 Å².